The Labute approximate surface area is 117 Å². The summed E-state index contributed by atoms with van der Waals surface area (Å²) < 4.78 is 0. The zero-order chi connectivity index (χ0) is 13.7. The molecule has 1 amide bonds. The number of hydrogen-bond acceptors (Lipinski definition) is 3. The molecule has 2 rings (SSSR count). The number of carbonyl (C=O) groups excluding carboxylic acids is 1. The largest absolute Gasteiger partial charge is 0.398 e. The lowest BCUT2D eigenvalue weighted by molar-refractivity contribution is -0.116. The van der Waals surface area contributed by atoms with E-state index in [0.717, 1.165) is 24.1 Å². The smallest absolute Gasteiger partial charge is 0.224 e. The van der Waals surface area contributed by atoms with Crippen molar-refractivity contribution in [2.24, 2.45) is 0 Å². The first-order valence-electron chi connectivity index (χ1n) is 6.34. The molecule has 4 heteroatoms. The van der Waals surface area contributed by atoms with Crippen LogP contribution in [-0.2, 0) is 11.2 Å². The Morgan fingerprint density at radius 1 is 1.32 bits per heavy atom. The zero-order valence-electron chi connectivity index (χ0n) is 11.0. The number of nitrogens with two attached hydrogens (primary N) is 1. The van der Waals surface area contributed by atoms with Crippen molar-refractivity contribution in [2.75, 3.05) is 11.1 Å². The maximum Gasteiger partial charge on any atom is 0.224 e. The molecule has 0 aliphatic carbocycles. The van der Waals surface area contributed by atoms with E-state index in [1.54, 1.807) is 11.3 Å². The molecule has 0 saturated heterocycles. The number of aryl methyl sites for hydroxylation is 1. The fourth-order valence-electron chi connectivity index (χ4n) is 1.88. The summed E-state index contributed by atoms with van der Waals surface area (Å²) in [7, 11) is 0. The summed E-state index contributed by atoms with van der Waals surface area (Å²) in [4.78, 5) is 13.2. The fourth-order valence-corrected chi connectivity index (χ4v) is 2.63. The lowest BCUT2D eigenvalue weighted by Crippen LogP contribution is -2.12. The van der Waals surface area contributed by atoms with Gasteiger partial charge in [-0.1, -0.05) is 12.1 Å². The molecule has 0 radical (unpaired) electrons. The van der Waals surface area contributed by atoms with Crippen LogP contribution < -0.4 is 11.1 Å². The van der Waals surface area contributed by atoms with Gasteiger partial charge in [0, 0.05) is 22.7 Å². The summed E-state index contributed by atoms with van der Waals surface area (Å²) in [5, 5.41) is 4.98. The Bertz CT molecular complexity index is 549. The van der Waals surface area contributed by atoms with Crippen molar-refractivity contribution in [2.45, 2.75) is 26.2 Å². The van der Waals surface area contributed by atoms with Gasteiger partial charge >= 0.3 is 0 Å². The molecule has 3 nitrogen and oxygen atoms in total. The molecule has 3 N–H and O–H groups in total. The van der Waals surface area contributed by atoms with Crippen LogP contribution in [0.15, 0.2) is 35.7 Å². The molecule has 1 aromatic heterocycles. The monoisotopic (exact) mass is 274 g/mol. The predicted molar refractivity (Wildman–Crippen MR) is 81.5 cm³/mol. The third kappa shape index (κ3) is 3.83. The summed E-state index contributed by atoms with van der Waals surface area (Å²) in [6.45, 7) is 1.91. The molecule has 100 valence electrons. The SMILES string of the molecule is Cc1c(N)cccc1NC(=O)CCCc1cccs1. The van der Waals surface area contributed by atoms with Crippen LogP contribution in [0.1, 0.15) is 23.3 Å². The van der Waals surface area contributed by atoms with Gasteiger partial charge in [-0.25, -0.2) is 0 Å². The van der Waals surface area contributed by atoms with Gasteiger partial charge in [-0.3, -0.25) is 4.79 Å². The van der Waals surface area contributed by atoms with E-state index >= 15 is 0 Å². The molecule has 0 aliphatic heterocycles. The molecule has 0 bridgehead atoms. The molecule has 19 heavy (non-hydrogen) atoms. The number of amides is 1. The van der Waals surface area contributed by atoms with Crippen LogP contribution in [0.25, 0.3) is 0 Å². The minimum atomic E-state index is 0.0465. The lowest BCUT2D eigenvalue weighted by Gasteiger charge is -2.09. The standard InChI is InChI=1S/C15H18N2OS/c1-11-13(16)7-3-8-14(11)17-15(18)9-2-5-12-6-4-10-19-12/h3-4,6-8,10H,2,5,9,16H2,1H3,(H,17,18). The first-order valence-corrected chi connectivity index (χ1v) is 7.22. The first-order chi connectivity index (χ1) is 9.16. The predicted octanol–water partition coefficient (Wildman–Crippen LogP) is 3.60. The van der Waals surface area contributed by atoms with E-state index < -0.39 is 0 Å². The minimum absolute atomic E-state index is 0.0465. The molecule has 0 fully saturated rings. The van der Waals surface area contributed by atoms with E-state index in [9.17, 15) is 4.79 Å². The molecule has 0 saturated carbocycles. The summed E-state index contributed by atoms with van der Waals surface area (Å²) in [6, 6.07) is 9.70. The van der Waals surface area contributed by atoms with E-state index in [1.165, 1.54) is 4.88 Å². The Morgan fingerprint density at radius 3 is 2.89 bits per heavy atom. The average molecular weight is 274 g/mol. The number of hydrogen-bond donors (Lipinski definition) is 2. The van der Waals surface area contributed by atoms with Crippen LogP contribution >= 0.6 is 11.3 Å². The molecule has 1 aromatic carbocycles. The summed E-state index contributed by atoms with van der Waals surface area (Å²) in [6.07, 6.45) is 2.36. The lowest BCUT2D eigenvalue weighted by atomic mass is 10.1. The van der Waals surface area contributed by atoms with Crippen LogP contribution in [0.2, 0.25) is 0 Å². The second-order valence-corrected chi connectivity index (χ2v) is 5.53. The highest BCUT2D eigenvalue weighted by molar-refractivity contribution is 7.09. The quantitative estimate of drug-likeness (QED) is 0.818. The highest BCUT2D eigenvalue weighted by atomic mass is 32.1. The molecule has 0 aliphatic rings. The van der Waals surface area contributed by atoms with Gasteiger partial charge in [-0.2, -0.15) is 0 Å². The Kier molecular flexibility index (Phi) is 4.58. The number of nitrogen functional groups attached to an aromatic ring is 1. The molecule has 0 atom stereocenters. The first kappa shape index (κ1) is 13.6. The van der Waals surface area contributed by atoms with E-state index in [1.807, 2.05) is 31.2 Å². The number of benzene rings is 1. The van der Waals surface area contributed by atoms with Gasteiger partial charge in [0.1, 0.15) is 0 Å². The number of thiophene rings is 1. The third-order valence-electron chi connectivity index (χ3n) is 3.06. The van der Waals surface area contributed by atoms with E-state index in [-0.39, 0.29) is 5.91 Å². The van der Waals surface area contributed by atoms with Crippen LogP contribution in [-0.4, -0.2) is 5.91 Å². The number of rotatable bonds is 5. The van der Waals surface area contributed by atoms with E-state index in [0.29, 0.717) is 12.1 Å². The molecule has 0 spiro atoms. The van der Waals surface area contributed by atoms with Crippen molar-refractivity contribution in [3.8, 4) is 0 Å². The average Bonchev–Trinajstić information content (AvgIpc) is 2.88. The zero-order valence-corrected chi connectivity index (χ0v) is 11.8. The molecule has 0 unspecified atom stereocenters. The van der Waals surface area contributed by atoms with Gasteiger partial charge in [0.05, 0.1) is 0 Å². The summed E-state index contributed by atoms with van der Waals surface area (Å²) in [5.74, 6) is 0.0465. The van der Waals surface area contributed by atoms with Gasteiger partial charge in [0.25, 0.3) is 0 Å². The van der Waals surface area contributed by atoms with E-state index in [2.05, 4.69) is 16.8 Å². The van der Waals surface area contributed by atoms with Gasteiger partial charge in [-0.05, 0) is 48.9 Å². The molecule has 2 aromatic rings. The van der Waals surface area contributed by atoms with Crippen LogP contribution in [0.4, 0.5) is 11.4 Å². The van der Waals surface area contributed by atoms with Gasteiger partial charge in [0.2, 0.25) is 5.91 Å². The van der Waals surface area contributed by atoms with Crippen molar-refractivity contribution >= 4 is 28.6 Å². The molecular formula is C15H18N2OS. The second kappa shape index (κ2) is 6.38. The minimum Gasteiger partial charge on any atom is -0.398 e. The number of anilines is 2. The Morgan fingerprint density at radius 2 is 2.16 bits per heavy atom. The van der Waals surface area contributed by atoms with Crippen molar-refractivity contribution in [3.63, 3.8) is 0 Å². The van der Waals surface area contributed by atoms with Crippen molar-refractivity contribution < 1.29 is 4.79 Å². The maximum absolute atomic E-state index is 11.9. The summed E-state index contributed by atoms with van der Waals surface area (Å²) in [5.41, 5.74) is 8.25. The van der Waals surface area contributed by atoms with Gasteiger partial charge in [-0.15, -0.1) is 11.3 Å². The normalized spacial score (nSPS) is 10.4. The topological polar surface area (TPSA) is 55.1 Å². The third-order valence-corrected chi connectivity index (χ3v) is 3.99. The van der Waals surface area contributed by atoms with Crippen LogP contribution in [0.3, 0.4) is 0 Å². The van der Waals surface area contributed by atoms with Crippen molar-refractivity contribution in [1.29, 1.82) is 0 Å². The van der Waals surface area contributed by atoms with Gasteiger partial charge < -0.3 is 11.1 Å². The maximum atomic E-state index is 11.9. The Hall–Kier alpha value is -1.81. The number of carbonyl (C=O) groups is 1. The molecular weight excluding hydrogens is 256 g/mol. The van der Waals surface area contributed by atoms with Crippen LogP contribution in [0, 0.1) is 6.92 Å². The molecule has 1 heterocycles. The number of nitrogens with one attached hydrogen (secondary N) is 1. The highest BCUT2D eigenvalue weighted by Gasteiger charge is 2.06. The Balaban J connectivity index is 1.82. The van der Waals surface area contributed by atoms with Crippen molar-refractivity contribution in [3.05, 3.63) is 46.2 Å². The fraction of sp³-hybridized carbons (Fsp3) is 0.267. The second-order valence-electron chi connectivity index (χ2n) is 4.50. The highest BCUT2D eigenvalue weighted by Crippen LogP contribution is 2.20. The summed E-state index contributed by atoms with van der Waals surface area (Å²) >= 11 is 1.73. The van der Waals surface area contributed by atoms with E-state index in [4.69, 9.17) is 5.73 Å². The van der Waals surface area contributed by atoms with Crippen molar-refractivity contribution in [1.82, 2.24) is 0 Å². The van der Waals surface area contributed by atoms with Gasteiger partial charge in [0.15, 0.2) is 0 Å². The van der Waals surface area contributed by atoms with Crippen LogP contribution in [0.5, 0.6) is 0 Å².